The molecule has 2 saturated heterocycles. The number of carbonyl (C=O) groups is 1. The maximum absolute atomic E-state index is 12.7. The maximum atomic E-state index is 12.7. The van der Waals surface area contributed by atoms with Crippen molar-refractivity contribution in [1.29, 1.82) is 0 Å². The summed E-state index contributed by atoms with van der Waals surface area (Å²) in [5.41, 5.74) is 10.1. The summed E-state index contributed by atoms with van der Waals surface area (Å²) in [5, 5.41) is 5.17. The third-order valence-electron chi connectivity index (χ3n) is 7.30. The summed E-state index contributed by atoms with van der Waals surface area (Å²) in [6.07, 6.45) is 3.88. The average Bonchev–Trinajstić information content (AvgIpc) is 3.55. The van der Waals surface area contributed by atoms with Gasteiger partial charge in [0.1, 0.15) is 5.65 Å². The minimum Gasteiger partial charge on any atom is -0.379 e. The number of ether oxygens (including phenoxy) is 2. The number of nitrogens with zero attached hydrogens (tertiary/aromatic N) is 4. The van der Waals surface area contributed by atoms with Crippen LogP contribution in [-0.2, 0) is 16.5 Å². The molecule has 1 amide bonds. The van der Waals surface area contributed by atoms with Gasteiger partial charge in [-0.15, -0.1) is 0 Å². The van der Waals surface area contributed by atoms with E-state index in [2.05, 4.69) is 41.9 Å². The SMILES string of the molecule is Cn1cc(-c2cc3cccnc3[nH]2)c2cc(C(=O)NCCN3CCOCC3)ccc21.NCCN1CCOCC1. The molecule has 0 saturated carbocycles. The van der Waals surface area contributed by atoms with Crippen LogP contribution in [0.5, 0.6) is 0 Å². The molecule has 39 heavy (non-hydrogen) atoms. The first-order chi connectivity index (χ1) is 19.1. The van der Waals surface area contributed by atoms with Crippen molar-refractivity contribution in [1.82, 2.24) is 29.7 Å². The van der Waals surface area contributed by atoms with E-state index in [0.29, 0.717) is 12.1 Å². The number of rotatable bonds is 7. The van der Waals surface area contributed by atoms with Crippen molar-refractivity contribution >= 4 is 27.8 Å². The molecule has 10 nitrogen and oxygen atoms in total. The largest absolute Gasteiger partial charge is 0.379 e. The molecule has 10 heteroatoms. The van der Waals surface area contributed by atoms with Gasteiger partial charge in [-0.3, -0.25) is 14.6 Å². The van der Waals surface area contributed by atoms with E-state index in [0.717, 1.165) is 105 Å². The maximum Gasteiger partial charge on any atom is 0.251 e. The Morgan fingerprint density at radius 2 is 1.74 bits per heavy atom. The molecule has 0 radical (unpaired) electrons. The number of aryl methyl sites for hydroxylation is 1. The van der Waals surface area contributed by atoms with Crippen LogP contribution in [0.1, 0.15) is 10.4 Å². The second-order valence-electron chi connectivity index (χ2n) is 9.96. The molecule has 4 N–H and O–H groups in total. The molecular weight excluding hydrogens is 494 g/mol. The molecule has 5 heterocycles. The van der Waals surface area contributed by atoms with E-state index in [1.807, 2.05) is 37.4 Å². The minimum atomic E-state index is -0.0433. The van der Waals surface area contributed by atoms with E-state index in [-0.39, 0.29) is 5.91 Å². The third kappa shape index (κ3) is 6.84. The van der Waals surface area contributed by atoms with Gasteiger partial charge in [-0.05, 0) is 36.4 Å². The normalized spacial score (nSPS) is 16.8. The predicted octanol–water partition coefficient (Wildman–Crippen LogP) is 2.06. The van der Waals surface area contributed by atoms with Crippen LogP contribution < -0.4 is 11.1 Å². The number of aromatic amines is 1. The summed E-state index contributed by atoms with van der Waals surface area (Å²) in [4.78, 5) is 25.2. The molecular formula is C29H39N7O3. The van der Waals surface area contributed by atoms with Crippen LogP contribution in [0.3, 0.4) is 0 Å². The van der Waals surface area contributed by atoms with E-state index in [9.17, 15) is 4.79 Å². The summed E-state index contributed by atoms with van der Waals surface area (Å²) in [6, 6.07) is 12.0. The summed E-state index contributed by atoms with van der Waals surface area (Å²) in [7, 11) is 2.02. The third-order valence-corrected chi connectivity index (χ3v) is 7.30. The molecule has 0 bridgehead atoms. The van der Waals surface area contributed by atoms with Crippen LogP contribution in [0.15, 0.2) is 48.8 Å². The zero-order valence-electron chi connectivity index (χ0n) is 22.7. The van der Waals surface area contributed by atoms with Crippen molar-refractivity contribution in [3.63, 3.8) is 0 Å². The number of hydrogen-bond donors (Lipinski definition) is 3. The zero-order chi connectivity index (χ0) is 27.0. The fraction of sp³-hybridized carbons (Fsp3) is 0.448. The molecule has 4 aromatic rings. The molecule has 2 fully saturated rings. The lowest BCUT2D eigenvalue weighted by atomic mass is 10.1. The standard InChI is InChI=1S/C23H25N5O2.C6H14N2O/c1-27-15-19(20-14-16-3-2-6-24-22(16)26-20)18-13-17(4-5-21(18)27)23(29)25-7-8-28-9-11-30-12-10-28;7-1-2-8-3-5-9-6-4-8/h2-6,13-15H,7-12H2,1H3,(H,24,26)(H,25,29);1-7H2. The number of aromatic nitrogens is 3. The van der Waals surface area contributed by atoms with Gasteiger partial charge in [-0.1, -0.05) is 0 Å². The van der Waals surface area contributed by atoms with Crippen molar-refractivity contribution < 1.29 is 14.3 Å². The van der Waals surface area contributed by atoms with Gasteiger partial charge in [-0.2, -0.15) is 0 Å². The van der Waals surface area contributed by atoms with Crippen LogP contribution in [0.25, 0.3) is 33.2 Å². The first-order valence-electron chi connectivity index (χ1n) is 13.7. The number of amides is 1. The molecule has 208 valence electrons. The molecule has 2 aliphatic heterocycles. The Labute approximate surface area is 229 Å². The van der Waals surface area contributed by atoms with Crippen LogP contribution >= 0.6 is 0 Å². The lowest BCUT2D eigenvalue weighted by Gasteiger charge is -2.26. The first-order valence-corrected chi connectivity index (χ1v) is 13.7. The van der Waals surface area contributed by atoms with Gasteiger partial charge in [-0.25, -0.2) is 4.98 Å². The highest BCUT2D eigenvalue weighted by molar-refractivity contribution is 6.03. The van der Waals surface area contributed by atoms with E-state index >= 15 is 0 Å². The van der Waals surface area contributed by atoms with Crippen molar-refractivity contribution in [3.8, 4) is 11.3 Å². The van der Waals surface area contributed by atoms with Crippen LogP contribution in [-0.4, -0.2) is 109 Å². The first kappa shape index (κ1) is 27.3. The van der Waals surface area contributed by atoms with E-state index in [1.54, 1.807) is 6.20 Å². The molecule has 1 aromatic carbocycles. The fourth-order valence-corrected chi connectivity index (χ4v) is 5.11. The van der Waals surface area contributed by atoms with Crippen molar-refractivity contribution in [3.05, 3.63) is 54.4 Å². The molecule has 2 aliphatic rings. The van der Waals surface area contributed by atoms with Gasteiger partial charge in [0, 0.05) is 105 Å². The monoisotopic (exact) mass is 533 g/mol. The quantitative estimate of drug-likeness (QED) is 0.333. The number of carbonyl (C=O) groups excluding carboxylic acids is 1. The van der Waals surface area contributed by atoms with Crippen LogP contribution in [0.4, 0.5) is 0 Å². The Kier molecular flexibility index (Phi) is 9.23. The second kappa shape index (κ2) is 13.2. The molecule has 0 unspecified atom stereocenters. The number of nitrogens with one attached hydrogen (secondary N) is 2. The van der Waals surface area contributed by atoms with Gasteiger partial charge < -0.3 is 30.1 Å². The lowest BCUT2D eigenvalue weighted by molar-refractivity contribution is 0.0383. The zero-order valence-corrected chi connectivity index (χ0v) is 22.7. The lowest BCUT2D eigenvalue weighted by Crippen LogP contribution is -2.41. The molecule has 0 atom stereocenters. The minimum absolute atomic E-state index is 0.0433. The number of fused-ring (bicyclic) bond motifs is 2. The van der Waals surface area contributed by atoms with Crippen LogP contribution in [0.2, 0.25) is 0 Å². The summed E-state index contributed by atoms with van der Waals surface area (Å²) in [6.45, 7) is 10.5. The number of morpholine rings is 2. The van der Waals surface area contributed by atoms with E-state index in [4.69, 9.17) is 15.2 Å². The van der Waals surface area contributed by atoms with Gasteiger partial charge in [0.05, 0.1) is 26.4 Å². The van der Waals surface area contributed by atoms with Gasteiger partial charge in [0.15, 0.2) is 0 Å². The van der Waals surface area contributed by atoms with Crippen molar-refractivity contribution in [2.24, 2.45) is 12.8 Å². The molecule has 6 rings (SSSR count). The highest BCUT2D eigenvalue weighted by Gasteiger charge is 2.15. The summed E-state index contributed by atoms with van der Waals surface area (Å²) >= 11 is 0. The fourth-order valence-electron chi connectivity index (χ4n) is 5.11. The van der Waals surface area contributed by atoms with Crippen molar-refractivity contribution in [2.75, 3.05) is 78.8 Å². The Morgan fingerprint density at radius 3 is 2.44 bits per heavy atom. The number of benzene rings is 1. The van der Waals surface area contributed by atoms with Crippen LogP contribution in [0, 0.1) is 0 Å². The number of nitrogens with two attached hydrogens (primary N) is 1. The highest BCUT2D eigenvalue weighted by Crippen LogP contribution is 2.32. The smallest absolute Gasteiger partial charge is 0.251 e. The molecule has 3 aromatic heterocycles. The highest BCUT2D eigenvalue weighted by atomic mass is 16.5. The second-order valence-corrected chi connectivity index (χ2v) is 9.96. The van der Waals surface area contributed by atoms with E-state index < -0.39 is 0 Å². The predicted molar refractivity (Wildman–Crippen MR) is 154 cm³/mol. The number of pyridine rings is 1. The number of hydrogen-bond acceptors (Lipinski definition) is 7. The van der Waals surface area contributed by atoms with Gasteiger partial charge >= 0.3 is 0 Å². The van der Waals surface area contributed by atoms with Gasteiger partial charge in [0.2, 0.25) is 0 Å². The van der Waals surface area contributed by atoms with Crippen molar-refractivity contribution in [2.45, 2.75) is 0 Å². The topological polar surface area (TPSA) is 114 Å². The van der Waals surface area contributed by atoms with E-state index in [1.165, 1.54) is 0 Å². The Balaban J connectivity index is 0.000000292. The summed E-state index contributed by atoms with van der Waals surface area (Å²) < 4.78 is 12.6. The summed E-state index contributed by atoms with van der Waals surface area (Å²) in [5.74, 6) is -0.0433. The van der Waals surface area contributed by atoms with Gasteiger partial charge in [0.25, 0.3) is 5.91 Å². The molecule has 0 spiro atoms. The molecule has 0 aliphatic carbocycles. The number of H-pyrrole nitrogens is 1. The Bertz CT molecular complexity index is 1330. The average molecular weight is 534 g/mol. The Hall–Kier alpha value is -3.28. The Morgan fingerprint density at radius 1 is 1.03 bits per heavy atom.